The molecule has 1 aromatic carbocycles. The molecule has 0 bridgehead atoms. The van der Waals surface area contributed by atoms with E-state index in [0.29, 0.717) is 23.6 Å². The number of hydrogen-bond donors (Lipinski definition) is 2. The van der Waals surface area contributed by atoms with Gasteiger partial charge in [-0.15, -0.1) is 0 Å². The second-order valence-electron chi connectivity index (χ2n) is 3.52. The molecule has 88 valence electrons. The molecule has 0 aliphatic heterocycles. The number of thiocarbonyl (C=S) groups is 1. The second-order valence-corrected chi connectivity index (χ2v) is 3.93. The van der Waals surface area contributed by atoms with Crippen molar-refractivity contribution >= 4 is 17.3 Å². The van der Waals surface area contributed by atoms with Crippen LogP contribution in [0.15, 0.2) is 24.3 Å². The first kappa shape index (κ1) is 12.9. The highest BCUT2D eigenvalue weighted by Crippen LogP contribution is 2.05. The van der Waals surface area contributed by atoms with Gasteiger partial charge in [0.1, 0.15) is 5.82 Å². The molecule has 0 amide bonds. The van der Waals surface area contributed by atoms with Crippen molar-refractivity contribution in [3.63, 3.8) is 0 Å². The summed E-state index contributed by atoms with van der Waals surface area (Å²) in [7, 11) is 0. The average molecular weight is 240 g/mol. The quantitative estimate of drug-likeness (QED) is 0.772. The molecule has 0 aromatic heterocycles. The van der Waals surface area contributed by atoms with E-state index in [-0.39, 0.29) is 5.82 Å². The Morgan fingerprint density at radius 2 is 1.94 bits per heavy atom. The molecule has 2 nitrogen and oxygen atoms in total. The van der Waals surface area contributed by atoms with Crippen LogP contribution < -0.4 is 10.6 Å². The van der Waals surface area contributed by atoms with E-state index >= 15 is 0 Å². The molecule has 1 aromatic rings. The molecule has 0 fully saturated rings. The van der Waals surface area contributed by atoms with Crippen molar-refractivity contribution in [2.24, 2.45) is 0 Å². The number of rotatable bonds is 5. The van der Waals surface area contributed by atoms with Crippen LogP contribution in [0, 0.1) is 5.82 Å². The van der Waals surface area contributed by atoms with Crippen molar-refractivity contribution in [3.05, 3.63) is 35.6 Å². The van der Waals surface area contributed by atoms with Crippen molar-refractivity contribution < 1.29 is 4.39 Å². The first-order valence-corrected chi connectivity index (χ1v) is 5.90. The van der Waals surface area contributed by atoms with E-state index in [4.69, 9.17) is 12.2 Å². The molecule has 2 N–H and O–H groups in total. The molecule has 4 heteroatoms. The van der Waals surface area contributed by atoms with Gasteiger partial charge in [0.2, 0.25) is 0 Å². The van der Waals surface area contributed by atoms with E-state index in [1.54, 1.807) is 12.1 Å². The SMILES string of the molecule is CCCNC(=S)NCCc1ccccc1F. The molecule has 0 radical (unpaired) electrons. The zero-order valence-electron chi connectivity index (χ0n) is 9.42. The van der Waals surface area contributed by atoms with Gasteiger partial charge < -0.3 is 10.6 Å². The molecule has 0 heterocycles. The molecule has 0 saturated carbocycles. The van der Waals surface area contributed by atoms with Crippen LogP contribution in [0.5, 0.6) is 0 Å². The fourth-order valence-corrected chi connectivity index (χ4v) is 1.52. The zero-order chi connectivity index (χ0) is 11.8. The lowest BCUT2D eigenvalue weighted by molar-refractivity contribution is 0.607. The van der Waals surface area contributed by atoms with Crippen molar-refractivity contribution in [3.8, 4) is 0 Å². The largest absolute Gasteiger partial charge is 0.363 e. The highest BCUT2D eigenvalue weighted by Gasteiger charge is 2.00. The van der Waals surface area contributed by atoms with E-state index in [0.717, 1.165) is 13.0 Å². The lowest BCUT2D eigenvalue weighted by atomic mass is 10.1. The summed E-state index contributed by atoms with van der Waals surface area (Å²) in [6.07, 6.45) is 1.68. The number of halogens is 1. The maximum atomic E-state index is 13.2. The number of hydrogen-bond acceptors (Lipinski definition) is 1. The molecule has 16 heavy (non-hydrogen) atoms. The van der Waals surface area contributed by atoms with Gasteiger partial charge in [0.25, 0.3) is 0 Å². The zero-order valence-corrected chi connectivity index (χ0v) is 10.2. The van der Waals surface area contributed by atoms with E-state index in [9.17, 15) is 4.39 Å². The molecular weight excluding hydrogens is 223 g/mol. The van der Waals surface area contributed by atoms with E-state index < -0.39 is 0 Å². The Hall–Kier alpha value is -1.16. The van der Waals surface area contributed by atoms with Crippen LogP contribution >= 0.6 is 12.2 Å². The average Bonchev–Trinajstić information content (AvgIpc) is 2.29. The van der Waals surface area contributed by atoms with Gasteiger partial charge in [-0.05, 0) is 36.7 Å². The summed E-state index contributed by atoms with van der Waals surface area (Å²) < 4.78 is 13.2. The molecule has 0 unspecified atom stereocenters. The van der Waals surface area contributed by atoms with Crippen molar-refractivity contribution in [2.45, 2.75) is 19.8 Å². The maximum absolute atomic E-state index is 13.2. The summed E-state index contributed by atoms with van der Waals surface area (Å²) in [6.45, 7) is 3.59. The van der Waals surface area contributed by atoms with Crippen LogP contribution in [0.1, 0.15) is 18.9 Å². The van der Waals surface area contributed by atoms with Crippen LogP contribution in [0.25, 0.3) is 0 Å². The van der Waals surface area contributed by atoms with Gasteiger partial charge in [-0.2, -0.15) is 0 Å². The Balaban J connectivity index is 2.25. The minimum absolute atomic E-state index is 0.156. The van der Waals surface area contributed by atoms with Gasteiger partial charge in [0.05, 0.1) is 0 Å². The van der Waals surface area contributed by atoms with Gasteiger partial charge in [0.15, 0.2) is 5.11 Å². The molecule has 0 aliphatic carbocycles. The van der Waals surface area contributed by atoms with Crippen molar-refractivity contribution in [1.82, 2.24) is 10.6 Å². The first-order valence-electron chi connectivity index (χ1n) is 5.49. The summed E-state index contributed by atoms with van der Waals surface area (Å²) in [5, 5.41) is 6.74. The van der Waals surface area contributed by atoms with Crippen molar-refractivity contribution in [1.29, 1.82) is 0 Å². The van der Waals surface area contributed by atoms with Crippen molar-refractivity contribution in [2.75, 3.05) is 13.1 Å². The molecule has 0 atom stereocenters. The topological polar surface area (TPSA) is 24.1 Å². The molecule has 0 aliphatic rings. The summed E-state index contributed by atoms with van der Waals surface area (Å²) in [4.78, 5) is 0. The monoisotopic (exact) mass is 240 g/mol. The Morgan fingerprint density at radius 1 is 1.25 bits per heavy atom. The number of benzene rings is 1. The van der Waals surface area contributed by atoms with E-state index in [2.05, 4.69) is 17.6 Å². The van der Waals surface area contributed by atoms with E-state index in [1.165, 1.54) is 6.07 Å². The number of nitrogens with one attached hydrogen (secondary N) is 2. The van der Waals surface area contributed by atoms with E-state index in [1.807, 2.05) is 6.07 Å². The summed E-state index contributed by atoms with van der Waals surface area (Å²) >= 11 is 5.05. The summed E-state index contributed by atoms with van der Waals surface area (Å²) in [6, 6.07) is 6.80. The first-order chi connectivity index (χ1) is 7.74. The van der Waals surface area contributed by atoms with Crippen LogP contribution in [-0.2, 0) is 6.42 Å². The predicted molar refractivity (Wildman–Crippen MR) is 69.0 cm³/mol. The highest BCUT2D eigenvalue weighted by atomic mass is 32.1. The maximum Gasteiger partial charge on any atom is 0.166 e. The van der Waals surface area contributed by atoms with Crippen LogP contribution in [0.3, 0.4) is 0 Å². The fraction of sp³-hybridized carbons (Fsp3) is 0.417. The summed E-state index contributed by atoms with van der Waals surface area (Å²) in [5.41, 5.74) is 0.716. The van der Waals surface area contributed by atoms with Gasteiger partial charge in [-0.25, -0.2) is 4.39 Å². The Morgan fingerprint density at radius 3 is 2.62 bits per heavy atom. The predicted octanol–water partition coefficient (Wildman–Crippen LogP) is 2.24. The minimum atomic E-state index is -0.156. The molecule has 0 saturated heterocycles. The van der Waals surface area contributed by atoms with Gasteiger partial charge in [-0.3, -0.25) is 0 Å². The van der Waals surface area contributed by atoms with Gasteiger partial charge >= 0.3 is 0 Å². The lowest BCUT2D eigenvalue weighted by Gasteiger charge is -2.09. The third kappa shape index (κ3) is 4.57. The standard InChI is InChI=1S/C12H17FN2S/c1-2-8-14-12(16)15-9-7-10-5-3-4-6-11(10)13/h3-6H,2,7-9H2,1H3,(H2,14,15,16). The Kier molecular flexibility index (Phi) is 5.78. The lowest BCUT2D eigenvalue weighted by Crippen LogP contribution is -2.36. The van der Waals surface area contributed by atoms with Gasteiger partial charge in [0, 0.05) is 13.1 Å². The molecule has 0 spiro atoms. The second kappa shape index (κ2) is 7.17. The third-order valence-electron chi connectivity index (χ3n) is 2.17. The van der Waals surface area contributed by atoms with Crippen LogP contribution in [0.2, 0.25) is 0 Å². The molecule has 1 rings (SSSR count). The molecular formula is C12H17FN2S. The minimum Gasteiger partial charge on any atom is -0.363 e. The van der Waals surface area contributed by atoms with Crippen LogP contribution in [-0.4, -0.2) is 18.2 Å². The summed E-state index contributed by atoms with van der Waals surface area (Å²) in [5.74, 6) is -0.156. The van der Waals surface area contributed by atoms with Gasteiger partial charge in [-0.1, -0.05) is 25.1 Å². The van der Waals surface area contributed by atoms with Crippen LogP contribution in [0.4, 0.5) is 4.39 Å². The Bertz CT molecular complexity index is 342. The fourth-order valence-electron chi connectivity index (χ4n) is 1.31. The smallest absolute Gasteiger partial charge is 0.166 e. The highest BCUT2D eigenvalue weighted by molar-refractivity contribution is 7.80. The normalized spacial score (nSPS) is 9.88. The third-order valence-corrected chi connectivity index (χ3v) is 2.46. The Labute approximate surface area is 101 Å².